The number of anilines is 1. The second kappa shape index (κ2) is 5.48. The number of para-hydroxylation sites is 1. The second-order valence-electron chi connectivity index (χ2n) is 4.60. The minimum atomic E-state index is -0.603. The second-order valence-corrected chi connectivity index (χ2v) is 6.22. The largest absolute Gasteiger partial charge is 0.324 e. The van der Waals surface area contributed by atoms with Gasteiger partial charge in [-0.15, -0.1) is 11.8 Å². The third-order valence-corrected chi connectivity index (χ3v) is 4.91. The van der Waals surface area contributed by atoms with E-state index < -0.39 is 6.04 Å². The monoisotopic (exact) mass is 304 g/mol. The Balaban J connectivity index is 2.01. The van der Waals surface area contributed by atoms with Gasteiger partial charge in [0.25, 0.3) is 0 Å². The van der Waals surface area contributed by atoms with Crippen LogP contribution in [0.1, 0.15) is 10.8 Å². The van der Waals surface area contributed by atoms with E-state index in [0.717, 1.165) is 16.1 Å². The number of amides is 1. The predicted molar refractivity (Wildman–Crippen MR) is 83.1 cm³/mol. The topological polar surface area (TPSA) is 55.1 Å². The molecule has 20 heavy (non-hydrogen) atoms. The highest BCUT2D eigenvalue weighted by Crippen LogP contribution is 2.43. The SMILES string of the molecule is NC1C(=O)Nc2ccccc2SC1c1ccc(Cl)cc1. The highest BCUT2D eigenvalue weighted by Gasteiger charge is 2.31. The lowest BCUT2D eigenvalue weighted by Gasteiger charge is -2.19. The molecule has 1 aliphatic heterocycles. The Hall–Kier alpha value is -1.49. The first-order valence-electron chi connectivity index (χ1n) is 6.23. The summed E-state index contributed by atoms with van der Waals surface area (Å²) in [6.45, 7) is 0. The van der Waals surface area contributed by atoms with Gasteiger partial charge in [-0.1, -0.05) is 35.9 Å². The van der Waals surface area contributed by atoms with Gasteiger partial charge in [0, 0.05) is 9.92 Å². The molecular formula is C15H13ClN2OS. The van der Waals surface area contributed by atoms with Crippen LogP contribution in [-0.4, -0.2) is 11.9 Å². The number of rotatable bonds is 1. The summed E-state index contributed by atoms with van der Waals surface area (Å²) in [5.74, 6) is -0.164. The Morgan fingerprint density at radius 2 is 1.80 bits per heavy atom. The minimum Gasteiger partial charge on any atom is -0.324 e. The Morgan fingerprint density at radius 3 is 2.55 bits per heavy atom. The highest BCUT2D eigenvalue weighted by atomic mass is 35.5. The predicted octanol–water partition coefficient (Wildman–Crippen LogP) is 3.45. The van der Waals surface area contributed by atoms with Crippen LogP contribution in [0.4, 0.5) is 5.69 Å². The molecule has 1 heterocycles. The van der Waals surface area contributed by atoms with Crippen LogP contribution in [0.25, 0.3) is 0 Å². The summed E-state index contributed by atoms with van der Waals surface area (Å²) in [5.41, 5.74) is 7.92. The summed E-state index contributed by atoms with van der Waals surface area (Å²) in [7, 11) is 0. The maximum atomic E-state index is 12.2. The molecule has 3 nitrogen and oxygen atoms in total. The normalized spacial score (nSPS) is 21.8. The Labute approximate surface area is 126 Å². The third kappa shape index (κ3) is 2.54. The molecule has 3 rings (SSSR count). The van der Waals surface area contributed by atoms with Crippen LogP contribution in [0.15, 0.2) is 53.4 Å². The lowest BCUT2D eigenvalue weighted by molar-refractivity contribution is -0.117. The molecule has 3 N–H and O–H groups in total. The van der Waals surface area contributed by atoms with E-state index in [1.54, 1.807) is 11.8 Å². The molecule has 2 atom stereocenters. The number of benzene rings is 2. The van der Waals surface area contributed by atoms with E-state index in [0.29, 0.717) is 5.02 Å². The molecule has 0 saturated carbocycles. The van der Waals surface area contributed by atoms with Gasteiger partial charge in [-0.05, 0) is 29.8 Å². The highest BCUT2D eigenvalue weighted by molar-refractivity contribution is 7.99. The van der Waals surface area contributed by atoms with Gasteiger partial charge in [0.15, 0.2) is 0 Å². The number of hydrogen-bond acceptors (Lipinski definition) is 3. The standard InChI is InChI=1S/C15H13ClN2OS/c16-10-7-5-9(6-8-10)14-13(17)15(19)18-11-3-1-2-4-12(11)20-14/h1-8,13-14H,17H2,(H,18,19). The van der Waals surface area contributed by atoms with E-state index in [4.69, 9.17) is 17.3 Å². The average molecular weight is 305 g/mol. The number of nitrogens with two attached hydrogens (primary N) is 1. The molecule has 0 aliphatic carbocycles. The van der Waals surface area contributed by atoms with Crippen LogP contribution >= 0.6 is 23.4 Å². The van der Waals surface area contributed by atoms with E-state index in [1.807, 2.05) is 48.5 Å². The molecule has 0 aromatic heterocycles. The lowest BCUT2D eigenvalue weighted by atomic mass is 10.1. The zero-order valence-electron chi connectivity index (χ0n) is 10.5. The summed E-state index contributed by atoms with van der Waals surface area (Å²) in [6, 6.07) is 14.6. The molecule has 1 aliphatic rings. The van der Waals surface area contributed by atoms with Crippen molar-refractivity contribution in [3.05, 3.63) is 59.1 Å². The Morgan fingerprint density at radius 1 is 1.10 bits per heavy atom. The fourth-order valence-electron chi connectivity index (χ4n) is 2.16. The van der Waals surface area contributed by atoms with E-state index in [2.05, 4.69) is 5.32 Å². The molecule has 0 fully saturated rings. The molecule has 0 radical (unpaired) electrons. The third-order valence-electron chi connectivity index (χ3n) is 3.23. The lowest BCUT2D eigenvalue weighted by Crippen LogP contribution is -2.38. The number of carbonyl (C=O) groups excluding carboxylic acids is 1. The first-order chi connectivity index (χ1) is 9.65. The molecule has 1 amide bonds. The fraction of sp³-hybridized carbons (Fsp3) is 0.133. The van der Waals surface area contributed by atoms with Gasteiger partial charge >= 0.3 is 0 Å². The van der Waals surface area contributed by atoms with Gasteiger partial charge in [-0.3, -0.25) is 4.79 Å². The fourth-order valence-corrected chi connectivity index (χ4v) is 3.53. The van der Waals surface area contributed by atoms with Crippen molar-refractivity contribution in [2.24, 2.45) is 5.73 Å². The quantitative estimate of drug-likeness (QED) is 0.848. The van der Waals surface area contributed by atoms with Crippen molar-refractivity contribution in [3.63, 3.8) is 0 Å². The van der Waals surface area contributed by atoms with Crippen LogP contribution in [0.3, 0.4) is 0 Å². The molecule has 0 bridgehead atoms. The summed E-state index contributed by atoms with van der Waals surface area (Å²) in [6.07, 6.45) is 0. The van der Waals surface area contributed by atoms with Crippen LogP contribution in [0.5, 0.6) is 0 Å². The first-order valence-corrected chi connectivity index (χ1v) is 7.48. The molecular weight excluding hydrogens is 292 g/mol. The number of hydrogen-bond donors (Lipinski definition) is 2. The van der Waals surface area contributed by atoms with E-state index in [-0.39, 0.29) is 11.2 Å². The van der Waals surface area contributed by atoms with Crippen LogP contribution in [0, 0.1) is 0 Å². The van der Waals surface area contributed by atoms with Crippen LogP contribution in [-0.2, 0) is 4.79 Å². The van der Waals surface area contributed by atoms with E-state index in [1.165, 1.54) is 0 Å². The van der Waals surface area contributed by atoms with Crippen molar-refractivity contribution in [1.29, 1.82) is 0 Å². The van der Waals surface area contributed by atoms with Crippen molar-refractivity contribution in [2.75, 3.05) is 5.32 Å². The smallest absolute Gasteiger partial charge is 0.242 e. The van der Waals surface area contributed by atoms with Crippen molar-refractivity contribution < 1.29 is 4.79 Å². The molecule has 0 spiro atoms. The molecule has 2 aromatic carbocycles. The van der Waals surface area contributed by atoms with Gasteiger partial charge < -0.3 is 11.1 Å². The number of fused-ring (bicyclic) bond motifs is 1. The van der Waals surface area contributed by atoms with Gasteiger partial charge in [-0.2, -0.15) is 0 Å². The number of nitrogens with one attached hydrogen (secondary N) is 1. The van der Waals surface area contributed by atoms with Crippen molar-refractivity contribution in [1.82, 2.24) is 0 Å². The van der Waals surface area contributed by atoms with Gasteiger partial charge in [-0.25, -0.2) is 0 Å². The zero-order chi connectivity index (χ0) is 14.1. The minimum absolute atomic E-state index is 0.129. The number of carbonyl (C=O) groups is 1. The van der Waals surface area contributed by atoms with Crippen molar-refractivity contribution in [2.45, 2.75) is 16.2 Å². The molecule has 0 saturated heterocycles. The van der Waals surface area contributed by atoms with Crippen LogP contribution in [0.2, 0.25) is 5.02 Å². The Bertz CT molecular complexity index is 645. The van der Waals surface area contributed by atoms with E-state index in [9.17, 15) is 4.79 Å². The summed E-state index contributed by atoms with van der Waals surface area (Å²) < 4.78 is 0. The van der Waals surface area contributed by atoms with E-state index >= 15 is 0 Å². The summed E-state index contributed by atoms with van der Waals surface area (Å²) in [5, 5.41) is 3.42. The first kappa shape index (κ1) is 13.5. The van der Waals surface area contributed by atoms with Crippen molar-refractivity contribution >= 4 is 35.0 Å². The zero-order valence-corrected chi connectivity index (χ0v) is 12.1. The summed E-state index contributed by atoms with van der Waals surface area (Å²) >= 11 is 7.51. The number of halogens is 1. The average Bonchev–Trinajstić information content (AvgIpc) is 2.58. The van der Waals surface area contributed by atoms with Crippen LogP contribution < -0.4 is 11.1 Å². The number of thioether (sulfide) groups is 1. The summed E-state index contributed by atoms with van der Waals surface area (Å²) in [4.78, 5) is 13.2. The van der Waals surface area contributed by atoms with Gasteiger partial charge in [0.2, 0.25) is 5.91 Å². The molecule has 2 aromatic rings. The Kier molecular flexibility index (Phi) is 3.70. The molecule has 102 valence electrons. The van der Waals surface area contributed by atoms with Gasteiger partial charge in [0.1, 0.15) is 6.04 Å². The van der Waals surface area contributed by atoms with Crippen molar-refractivity contribution in [3.8, 4) is 0 Å². The van der Waals surface area contributed by atoms with Gasteiger partial charge in [0.05, 0.1) is 10.9 Å². The molecule has 2 unspecified atom stereocenters. The maximum Gasteiger partial charge on any atom is 0.242 e. The maximum absolute atomic E-state index is 12.2. The molecule has 5 heteroatoms.